The molecule has 0 aromatic rings. The Bertz CT molecular complexity index is 214. The molecule has 0 amide bonds. The Hall–Kier alpha value is -0.180. The highest BCUT2D eigenvalue weighted by Gasteiger charge is 2.14. The van der Waals surface area contributed by atoms with Gasteiger partial charge in [0.1, 0.15) is 0 Å². The summed E-state index contributed by atoms with van der Waals surface area (Å²) in [6.07, 6.45) is 6.39. The number of nitrogens with zero attached hydrogens (tertiary/aromatic N) is 1. The molecule has 16 heavy (non-hydrogen) atoms. The first kappa shape index (κ1) is 13.9. The SMILES string of the molecule is CCC1CCSC(=NCCCCC(C)C)N1. The van der Waals surface area contributed by atoms with Crippen molar-refractivity contribution in [1.29, 1.82) is 0 Å². The van der Waals surface area contributed by atoms with Gasteiger partial charge in [-0.15, -0.1) is 0 Å². The van der Waals surface area contributed by atoms with E-state index in [1.165, 1.54) is 43.0 Å². The molecule has 0 radical (unpaired) electrons. The van der Waals surface area contributed by atoms with Crippen LogP contribution >= 0.6 is 11.8 Å². The highest BCUT2D eigenvalue weighted by Crippen LogP contribution is 2.16. The maximum Gasteiger partial charge on any atom is 0.156 e. The lowest BCUT2D eigenvalue weighted by molar-refractivity contribution is 0.540. The van der Waals surface area contributed by atoms with E-state index in [0.717, 1.165) is 12.5 Å². The molecule has 0 bridgehead atoms. The maximum absolute atomic E-state index is 4.65. The second-order valence-electron chi connectivity index (χ2n) is 4.96. The van der Waals surface area contributed by atoms with E-state index in [2.05, 4.69) is 31.1 Å². The van der Waals surface area contributed by atoms with E-state index in [0.29, 0.717) is 6.04 Å². The third kappa shape index (κ3) is 5.78. The minimum absolute atomic E-state index is 0.663. The lowest BCUT2D eigenvalue weighted by Crippen LogP contribution is -2.37. The van der Waals surface area contributed by atoms with E-state index in [1.54, 1.807) is 0 Å². The molecule has 1 unspecified atom stereocenters. The van der Waals surface area contributed by atoms with Crippen LogP contribution in [-0.4, -0.2) is 23.5 Å². The van der Waals surface area contributed by atoms with Crippen molar-refractivity contribution < 1.29 is 0 Å². The molecule has 1 heterocycles. The average Bonchev–Trinajstić information content (AvgIpc) is 2.28. The van der Waals surface area contributed by atoms with Crippen molar-refractivity contribution in [3.63, 3.8) is 0 Å². The van der Waals surface area contributed by atoms with Crippen LogP contribution in [0.3, 0.4) is 0 Å². The van der Waals surface area contributed by atoms with Crippen molar-refractivity contribution in [2.24, 2.45) is 10.9 Å². The zero-order valence-electron chi connectivity index (χ0n) is 11.0. The minimum atomic E-state index is 0.663. The predicted molar refractivity (Wildman–Crippen MR) is 75.3 cm³/mol. The van der Waals surface area contributed by atoms with Gasteiger partial charge in [-0.2, -0.15) is 0 Å². The van der Waals surface area contributed by atoms with Gasteiger partial charge in [-0.3, -0.25) is 4.99 Å². The van der Waals surface area contributed by atoms with Crippen LogP contribution in [0.4, 0.5) is 0 Å². The van der Waals surface area contributed by atoms with E-state index in [4.69, 9.17) is 0 Å². The summed E-state index contributed by atoms with van der Waals surface area (Å²) in [5.41, 5.74) is 0. The first-order chi connectivity index (χ1) is 7.72. The summed E-state index contributed by atoms with van der Waals surface area (Å²) in [6, 6.07) is 0.663. The number of thioether (sulfide) groups is 1. The Morgan fingerprint density at radius 1 is 1.44 bits per heavy atom. The number of hydrogen-bond donors (Lipinski definition) is 1. The summed E-state index contributed by atoms with van der Waals surface area (Å²) in [7, 11) is 0. The number of amidine groups is 1. The van der Waals surface area contributed by atoms with Gasteiger partial charge in [0.2, 0.25) is 0 Å². The van der Waals surface area contributed by atoms with E-state index in [-0.39, 0.29) is 0 Å². The third-order valence-corrected chi connectivity index (χ3v) is 3.93. The zero-order chi connectivity index (χ0) is 11.8. The first-order valence-corrected chi connectivity index (χ1v) is 7.64. The van der Waals surface area contributed by atoms with Crippen LogP contribution in [0.1, 0.15) is 52.9 Å². The van der Waals surface area contributed by atoms with Crippen LogP contribution in [0.5, 0.6) is 0 Å². The monoisotopic (exact) mass is 242 g/mol. The summed E-state index contributed by atoms with van der Waals surface area (Å²) in [6.45, 7) is 7.82. The molecule has 1 atom stereocenters. The predicted octanol–water partition coefficient (Wildman–Crippen LogP) is 3.67. The quantitative estimate of drug-likeness (QED) is 0.719. The Labute approximate surface area is 105 Å². The second-order valence-corrected chi connectivity index (χ2v) is 6.05. The molecular weight excluding hydrogens is 216 g/mol. The van der Waals surface area contributed by atoms with Crippen molar-refractivity contribution in [1.82, 2.24) is 5.32 Å². The Kier molecular flexibility index (Phi) is 6.93. The molecule has 1 aliphatic rings. The molecule has 94 valence electrons. The summed E-state index contributed by atoms with van der Waals surface area (Å²) >= 11 is 1.89. The van der Waals surface area contributed by atoms with Crippen molar-refractivity contribution in [2.45, 2.75) is 58.9 Å². The van der Waals surface area contributed by atoms with Crippen molar-refractivity contribution in [3.05, 3.63) is 0 Å². The van der Waals surface area contributed by atoms with Crippen molar-refractivity contribution >= 4 is 16.9 Å². The largest absolute Gasteiger partial charge is 0.362 e. The van der Waals surface area contributed by atoms with Gasteiger partial charge in [0, 0.05) is 18.3 Å². The molecule has 0 aromatic heterocycles. The smallest absolute Gasteiger partial charge is 0.156 e. The van der Waals surface area contributed by atoms with Crippen molar-refractivity contribution in [3.8, 4) is 0 Å². The van der Waals surface area contributed by atoms with Gasteiger partial charge in [0.25, 0.3) is 0 Å². The molecule has 0 aliphatic carbocycles. The number of aliphatic imine (C=N–C) groups is 1. The summed E-state index contributed by atoms with van der Waals surface area (Å²) in [5, 5.41) is 4.70. The second kappa shape index (κ2) is 7.99. The third-order valence-electron chi connectivity index (χ3n) is 2.97. The molecule has 0 saturated carbocycles. The lowest BCUT2D eigenvalue weighted by atomic mass is 10.1. The number of rotatable bonds is 6. The fourth-order valence-corrected chi connectivity index (χ4v) is 2.86. The van der Waals surface area contributed by atoms with Crippen LogP contribution in [-0.2, 0) is 0 Å². The fraction of sp³-hybridized carbons (Fsp3) is 0.923. The number of unbranched alkanes of at least 4 members (excludes halogenated alkanes) is 1. The van der Waals surface area contributed by atoms with Crippen LogP contribution in [0.25, 0.3) is 0 Å². The molecule has 1 N–H and O–H groups in total. The van der Waals surface area contributed by atoms with Crippen LogP contribution in [0.2, 0.25) is 0 Å². The Morgan fingerprint density at radius 3 is 2.94 bits per heavy atom. The van der Waals surface area contributed by atoms with Gasteiger partial charge < -0.3 is 5.32 Å². The molecule has 1 saturated heterocycles. The van der Waals surface area contributed by atoms with Crippen LogP contribution in [0.15, 0.2) is 4.99 Å². The Balaban J connectivity index is 2.13. The van der Waals surface area contributed by atoms with E-state index < -0.39 is 0 Å². The van der Waals surface area contributed by atoms with Crippen LogP contribution < -0.4 is 5.32 Å². The van der Waals surface area contributed by atoms with Crippen LogP contribution in [0, 0.1) is 5.92 Å². The fourth-order valence-electron chi connectivity index (χ4n) is 1.83. The van der Waals surface area contributed by atoms with Gasteiger partial charge in [-0.25, -0.2) is 0 Å². The highest BCUT2D eigenvalue weighted by molar-refractivity contribution is 8.13. The molecule has 2 nitrogen and oxygen atoms in total. The molecule has 3 heteroatoms. The zero-order valence-corrected chi connectivity index (χ0v) is 11.8. The average molecular weight is 242 g/mol. The van der Waals surface area contributed by atoms with E-state index in [9.17, 15) is 0 Å². The van der Waals surface area contributed by atoms with E-state index in [1.807, 2.05) is 11.8 Å². The lowest BCUT2D eigenvalue weighted by Gasteiger charge is -2.24. The summed E-state index contributed by atoms with van der Waals surface area (Å²) < 4.78 is 0. The minimum Gasteiger partial charge on any atom is -0.362 e. The van der Waals surface area contributed by atoms with Gasteiger partial charge in [-0.1, -0.05) is 45.4 Å². The number of nitrogens with one attached hydrogen (secondary N) is 1. The molecule has 0 aromatic carbocycles. The molecule has 1 rings (SSSR count). The van der Waals surface area contributed by atoms with Gasteiger partial charge in [-0.05, 0) is 25.2 Å². The molecule has 1 aliphatic heterocycles. The Morgan fingerprint density at radius 2 is 2.25 bits per heavy atom. The van der Waals surface area contributed by atoms with Gasteiger partial charge in [0.05, 0.1) is 0 Å². The normalized spacial score (nSPS) is 23.8. The standard InChI is InChI=1S/C13H26N2S/c1-4-12-8-10-16-13(15-12)14-9-6-5-7-11(2)3/h11-12H,4-10H2,1-3H3,(H,14,15). The summed E-state index contributed by atoms with van der Waals surface area (Å²) in [4.78, 5) is 4.65. The van der Waals surface area contributed by atoms with Gasteiger partial charge in [0.15, 0.2) is 5.17 Å². The van der Waals surface area contributed by atoms with Crippen molar-refractivity contribution in [2.75, 3.05) is 12.3 Å². The maximum atomic E-state index is 4.65. The highest BCUT2D eigenvalue weighted by atomic mass is 32.2. The number of hydrogen-bond acceptors (Lipinski definition) is 2. The molecular formula is C13H26N2S. The summed E-state index contributed by atoms with van der Waals surface area (Å²) in [5.74, 6) is 2.07. The topological polar surface area (TPSA) is 24.4 Å². The van der Waals surface area contributed by atoms with E-state index >= 15 is 0 Å². The van der Waals surface area contributed by atoms with Gasteiger partial charge >= 0.3 is 0 Å². The molecule has 1 fully saturated rings. The molecule has 0 spiro atoms. The first-order valence-electron chi connectivity index (χ1n) is 6.66.